The molecule has 1 N–H and O–H groups in total. The van der Waals surface area contributed by atoms with Crippen LogP contribution in [0, 0.1) is 5.41 Å². The highest BCUT2D eigenvalue weighted by Gasteiger charge is 2.10. The lowest BCUT2D eigenvalue weighted by molar-refractivity contribution is 0.0805. The highest BCUT2D eigenvalue weighted by molar-refractivity contribution is 5.04. The fraction of sp³-hybridized carbons (Fsp3) is 0.786. The third-order valence-electron chi connectivity index (χ3n) is 2.54. The minimum atomic E-state index is 0.313. The van der Waals surface area contributed by atoms with Crippen LogP contribution in [0.1, 0.15) is 52.5 Å². The van der Waals surface area contributed by atoms with E-state index in [1.165, 1.54) is 0 Å². The van der Waals surface area contributed by atoms with E-state index in [0.717, 1.165) is 31.0 Å². The molecule has 4 nitrogen and oxygen atoms in total. The fourth-order valence-corrected chi connectivity index (χ4v) is 1.37. The first kappa shape index (κ1) is 15.2. The zero-order chi connectivity index (χ0) is 13.6. The topological polar surface area (TPSA) is 47.3 Å². The number of hydrogen-bond donors (Lipinski definition) is 1. The molecule has 0 radical (unpaired) electrons. The largest absolute Gasteiger partial charge is 0.373 e. The Hall–Kier alpha value is -0.870. The second kappa shape index (κ2) is 6.90. The van der Waals surface area contributed by atoms with Gasteiger partial charge in [-0.1, -0.05) is 39.8 Å². The van der Waals surface area contributed by atoms with E-state index in [4.69, 9.17) is 9.26 Å². The van der Waals surface area contributed by atoms with E-state index in [1.807, 2.05) is 6.07 Å². The molecule has 0 fully saturated rings. The molecule has 1 aromatic heterocycles. The summed E-state index contributed by atoms with van der Waals surface area (Å²) in [6.07, 6.45) is 1.04. The molecule has 0 aromatic carbocycles. The maximum Gasteiger partial charge on any atom is 0.162 e. The van der Waals surface area contributed by atoms with Crippen molar-refractivity contribution >= 4 is 0 Å². The Bertz CT molecular complexity index is 340. The van der Waals surface area contributed by atoms with Gasteiger partial charge in [-0.25, -0.2) is 0 Å². The molecule has 0 unspecified atom stereocenters. The maximum absolute atomic E-state index is 5.58. The van der Waals surface area contributed by atoms with Crippen LogP contribution < -0.4 is 5.32 Å². The zero-order valence-electron chi connectivity index (χ0n) is 12.2. The van der Waals surface area contributed by atoms with Gasteiger partial charge >= 0.3 is 0 Å². The van der Waals surface area contributed by atoms with Gasteiger partial charge in [-0.15, -0.1) is 0 Å². The number of hydrogen-bond acceptors (Lipinski definition) is 4. The van der Waals surface area contributed by atoms with Crippen molar-refractivity contribution in [3.8, 4) is 0 Å². The molecular formula is C14H26N2O2. The van der Waals surface area contributed by atoms with Gasteiger partial charge in [-0.05, 0) is 11.8 Å². The van der Waals surface area contributed by atoms with Crippen LogP contribution in [0.3, 0.4) is 0 Å². The van der Waals surface area contributed by atoms with Crippen molar-refractivity contribution in [2.75, 3.05) is 6.61 Å². The van der Waals surface area contributed by atoms with Gasteiger partial charge in [-0.2, -0.15) is 0 Å². The molecule has 0 amide bonds. The van der Waals surface area contributed by atoms with Crippen molar-refractivity contribution in [2.24, 2.45) is 5.41 Å². The first-order valence-corrected chi connectivity index (χ1v) is 6.62. The molecule has 4 heteroatoms. The maximum atomic E-state index is 5.58. The quantitative estimate of drug-likeness (QED) is 0.759. The van der Waals surface area contributed by atoms with E-state index >= 15 is 0 Å². The smallest absolute Gasteiger partial charge is 0.162 e. The Morgan fingerprint density at radius 3 is 2.72 bits per heavy atom. The van der Waals surface area contributed by atoms with E-state index in [2.05, 4.69) is 45.1 Å². The Morgan fingerprint density at radius 1 is 1.39 bits per heavy atom. The third kappa shape index (κ3) is 6.77. The van der Waals surface area contributed by atoms with Crippen molar-refractivity contribution in [1.29, 1.82) is 0 Å². The molecule has 18 heavy (non-hydrogen) atoms. The number of nitrogens with one attached hydrogen (secondary N) is 1. The second-order valence-electron chi connectivity index (χ2n) is 6.18. The second-order valence-corrected chi connectivity index (χ2v) is 6.18. The van der Waals surface area contributed by atoms with E-state index in [0.29, 0.717) is 18.1 Å². The van der Waals surface area contributed by atoms with Crippen LogP contribution >= 0.6 is 0 Å². The highest BCUT2D eigenvalue weighted by atomic mass is 16.5. The van der Waals surface area contributed by atoms with Crippen molar-refractivity contribution in [1.82, 2.24) is 10.5 Å². The van der Waals surface area contributed by atoms with Crippen LogP contribution in [-0.4, -0.2) is 17.8 Å². The van der Waals surface area contributed by atoms with Gasteiger partial charge in [0.2, 0.25) is 0 Å². The molecule has 0 aliphatic heterocycles. The average Bonchev–Trinajstić information content (AvgIpc) is 2.68. The summed E-state index contributed by atoms with van der Waals surface area (Å²) < 4.78 is 10.8. The first-order chi connectivity index (χ1) is 8.37. The van der Waals surface area contributed by atoms with Crippen molar-refractivity contribution in [3.63, 3.8) is 0 Å². The van der Waals surface area contributed by atoms with Gasteiger partial charge in [0.25, 0.3) is 0 Å². The van der Waals surface area contributed by atoms with Crippen LogP contribution in [0.2, 0.25) is 0 Å². The minimum absolute atomic E-state index is 0.313. The normalized spacial score (nSPS) is 12.3. The van der Waals surface area contributed by atoms with Crippen LogP contribution in [0.15, 0.2) is 10.6 Å². The van der Waals surface area contributed by atoms with E-state index < -0.39 is 0 Å². The lowest BCUT2D eigenvalue weighted by atomic mass is 9.93. The minimum Gasteiger partial charge on any atom is -0.373 e. The van der Waals surface area contributed by atoms with Crippen LogP contribution in [-0.2, 0) is 17.9 Å². The summed E-state index contributed by atoms with van der Waals surface area (Å²) in [4.78, 5) is 0. The Morgan fingerprint density at radius 2 is 2.11 bits per heavy atom. The molecule has 0 bridgehead atoms. The molecule has 0 saturated carbocycles. The predicted octanol–water partition coefficient (Wildman–Crippen LogP) is 3.13. The predicted molar refractivity (Wildman–Crippen MR) is 72.2 cm³/mol. The van der Waals surface area contributed by atoms with Gasteiger partial charge in [0.05, 0.1) is 5.69 Å². The summed E-state index contributed by atoms with van der Waals surface area (Å²) in [6, 6.07) is 2.40. The van der Waals surface area contributed by atoms with Gasteiger partial charge in [0.1, 0.15) is 6.61 Å². The number of rotatable bonds is 7. The SMILES string of the molecule is CC(C)NCc1cc(COCCC(C)(C)C)on1. The molecular weight excluding hydrogens is 228 g/mol. The van der Waals surface area contributed by atoms with Crippen LogP contribution in [0.25, 0.3) is 0 Å². The van der Waals surface area contributed by atoms with Crippen molar-refractivity contribution in [3.05, 3.63) is 17.5 Å². The molecule has 0 aliphatic carbocycles. The summed E-state index contributed by atoms with van der Waals surface area (Å²) in [7, 11) is 0. The number of ether oxygens (including phenoxy) is 1. The standard InChI is InChI=1S/C14H26N2O2/c1-11(2)15-9-12-8-13(18-16-12)10-17-7-6-14(3,4)5/h8,11,15H,6-7,9-10H2,1-5H3. The Balaban J connectivity index is 2.23. The summed E-state index contributed by atoms with van der Waals surface area (Å²) >= 11 is 0. The van der Waals surface area contributed by atoms with Crippen LogP contribution in [0.4, 0.5) is 0 Å². The molecule has 1 aromatic rings. The number of nitrogens with zero attached hydrogens (tertiary/aromatic N) is 1. The Kier molecular flexibility index (Phi) is 5.82. The van der Waals surface area contributed by atoms with Gasteiger partial charge in [0, 0.05) is 25.3 Å². The molecule has 0 atom stereocenters. The average molecular weight is 254 g/mol. The van der Waals surface area contributed by atoms with Gasteiger partial charge in [-0.3, -0.25) is 0 Å². The molecule has 1 heterocycles. The number of aromatic nitrogens is 1. The monoisotopic (exact) mass is 254 g/mol. The molecule has 0 spiro atoms. The summed E-state index contributed by atoms with van der Waals surface area (Å²) in [5, 5.41) is 7.30. The van der Waals surface area contributed by atoms with E-state index in [1.54, 1.807) is 0 Å². The molecule has 1 rings (SSSR count). The van der Waals surface area contributed by atoms with Crippen LogP contribution in [0.5, 0.6) is 0 Å². The lowest BCUT2D eigenvalue weighted by Gasteiger charge is -2.17. The summed E-state index contributed by atoms with van der Waals surface area (Å²) in [5.41, 5.74) is 1.24. The summed E-state index contributed by atoms with van der Waals surface area (Å²) in [6.45, 7) is 12.8. The summed E-state index contributed by atoms with van der Waals surface area (Å²) in [5.74, 6) is 0.796. The van der Waals surface area contributed by atoms with Gasteiger partial charge in [0.15, 0.2) is 5.76 Å². The van der Waals surface area contributed by atoms with Crippen molar-refractivity contribution < 1.29 is 9.26 Å². The third-order valence-corrected chi connectivity index (χ3v) is 2.54. The molecule has 0 aliphatic rings. The fourth-order valence-electron chi connectivity index (χ4n) is 1.37. The lowest BCUT2D eigenvalue weighted by Crippen LogP contribution is -2.21. The zero-order valence-corrected chi connectivity index (χ0v) is 12.2. The highest BCUT2D eigenvalue weighted by Crippen LogP contribution is 2.18. The Labute approximate surface area is 110 Å². The van der Waals surface area contributed by atoms with E-state index in [9.17, 15) is 0 Å². The van der Waals surface area contributed by atoms with Crippen molar-refractivity contribution in [2.45, 2.75) is 60.2 Å². The van der Waals surface area contributed by atoms with Gasteiger partial charge < -0.3 is 14.6 Å². The molecule has 0 saturated heterocycles. The van der Waals surface area contributed by atoms with E-state index in [-0.39, 0.29) is 0 Å². The first-order valence-electron chi connectivity index (χ1n) is 6.62. The molecule has 104 valence electrons.